The van der Waals surface area contributed by atoms with Gasteiger partial charge in [-0.25, -0.2) is 0 Å². The van der Waals surface area contributed by atoms with Gasteiger partial charge in [0.25, 0.3) is 0 Å². The first-order valence-corrected chi connectivity index (χ1v) is 10.8. The predicted octanol–water partition coefficient (Wildman–Crippen LogP) is 2.69. The topological polar surface area (TPSA) is 73.9 Å². The van der Waals surface area contributed by atoms with E-state index in [4.69, 9.17) is 9.47 Å². The van der Waals surface area contributed by atoms with Crippen LogP contribution in [0, 0.1) is 5.92 Å². The number of aromatic nitrogens is 2. The van der Waals surface area contributed by atoms with Crippen molar-refractivity contribution in [1.29, 1.82) is 0 Å². The van der Waals surface area contributed by atoms with E-state index < -0.39 is 0 Å². The van der Waals surface area contributed by atoms with E-state index in [0.717, 1.165) is 68.3 Å². The Hall–Kier alpha value is -2.09. The summed E-state index contributed by atoms with van der Waals surface area (Å²) in [4.78, 5) is 4.91. The summed E-state index contributed by atoms with van der Waals surface area (Å²) >= 11 is 0. The van der Waals surface area contributed by atoms with Gasteiger partial charge in [-0.15, -0.1) is 0 Å². The van der Waals surface area contributed by atoms with E-state index >= 15 is 0 Å². The van der Waals surface area contributed by atoms with E-state index in [1.165, 1.54) is 5.69 Å². The maximum Gasteiger partial charge on any atom is 0.122 e. The third kappa shape index (κ3) is 6.20. The highest BCUT2D eigenvalue weighted by atomic mass is 16.5. The molecule has 0 spiro atoms. The molecule has 30 heavy (non-hydrogen) atoms. The quantitative estimate of drug-likeness (QED) is 0.620. The second-order valence-electron chi connectivity index (χ2n) is 8.58. The number of hydrogen-bond acceptors (Lipinski definition) is 6. The Morgan fingerprint density at radius 1 is 1.10 bits per heavy atom. The van der Waals surface area contributed by atoms with E-state index in [2.05, 4.69) is 52.0 Å². The number of aliphatic hydroxyl groups excluding tert-OH is 1. The van der Waals surface area contributed by atoms with Crippen LogP contribution in [0.4, 0.5) is 0 Å². The second-order valence-corrected chi connectivity index (χ2v) is 8.58. The van der Waals surface area contributed by atoms with Crippen LogP contribution < -0.4 is 9.47 Å². The van der Waals surface area contributed by atoms with Crippen molar-refractivity contribution in [3.8, 4) is 11.5 Å². The van der Waals surface area contributed by atoms with Crippen molar-refractivity contribution in [2.75, 3.05) is 40.5 Å². The van der Waals surface area contributed by atoms with Crippen molar-refractivity contribution in [2.24, 2.45) is 5.92 Å². The van der Waals surface area contributed by atoms with Crippen molar-refractivity contribution in [2.45, 2.75) is 45.8 Å². The van der Waals surface area contributed by atoms with Crippen LogP contribution in [0.1, 0.15) is 37.2 Å². The highest BCUT2D eigenvalue weighted by molar-refractivity contribution is 5.38. The molecule has 7 nitrogen and oxygen atoms in total. The van der Waals surface area contributed by atoms with Gasteiger partial charge in [0.2, 0.25) is 0 Å². The van der Waals surface area contributed by atoms with Gasteiger partial charge in [-0.3, -0.25) is 14.9 Å². The minimum atomic E-state index is 0.193. The van der Waals surface area contributed by atoms with Crippen LogP contribution in [-0.4, -0.2) is 71.6 Å². The number of nitrogens with one attached hydrogen (secondary N) is 1. The van der Waals surface area contributed by atoms with Crippen molar-refractivity contribution in [3.05, 3.63) is 41.2 Å². The summed E-state index contributed by atoms with van der Waals surface area (Å²) < 4.78 is 10.8. The van der Waals surface area contributed by atoms with Crippen molar-refractivity contribution in [3.63, 3.8) is 0 Å². The molecular formula is C23H36N4O3. The number of hydrogen-bond donors (Lipinski definition) is 2. The van der Waals surface area contributed by atoms with Gasteiger partial charge in [0.1, 0.15) is 11.5 Å². The molecule has 1 saturated heterocycles. The number of aromatic amines is 1. The Morgan fingerprint density at radius 2 is 1.83 bits per heavy atom. The lowest BCUT2D eigenvalue weighted by atomic mass is 10.1. The van der Waals surface area contributed by atoms with Gasteiger partial charge in [-0.1, -0.05) is 13.8 Å². The summed E-state index contributed by atoms with van der Waals surface area (Å²) in [5.74, 6) is 2.21. The number of rotatable bonds is 10. The molecule has 7 heteroatoms. The number of H-pyrrole nitrogens is 1. The Morgan fingerprint density at radius 3 is 2.47 bits per heavy atom. The summed E-state index contributed by atoms with van der Waals surface area (Å²) in [7, 11) is 3.35. The van der Waals surface area contributed by atoms with Gasteiger partial charge in [0.05, 0.1) is 19.9 Å². The molecule has 2 aromatic rings. The molecule has 0 bridgehead atoms. The van der Waals surface area contributed by atoms with Crippen LogP contribution in [-0.2, 0) is 19.5 Å². The lowest BCUT2D eigenvalue weighted by Gasteiger charge is -2.41. The fourth-order valence-electron chi connectivity index (χ4n) is 4.18. The number of aliphatic hydroxyl groups is 1. The van der Waals surface area contributed by atoms with E-state index in [1.54, 1.807) is 14.2 Å². The number of nitrogens with zero attached hydrogens (tertiary/aromatic N) is 3. The summed E-state index contributed by atoms with van der Waals surface area (Å²) in [5.41, 5.74) is 3.46. The highest BCUT2D eigenvalue weighted by Gasteiger charge is 2.27. The van der Waals surface area contributed by atoms with Gasteiger partial charge >= 0.3 is 0 Å². The monoisotopic (exact) mass is 416 g/mol. The molecule has 1 atom stereocenters. The van der Waals surface area contributed by atoms with E-state index in [9.17, 15) is 5.11 Å². The molecule has 2 heterocycles. The summed E-state index contributed by atoms with van der Waals surface area (Å²) in [5, 5.41) is 17.3. The second kappa shape index (κ2) is 10.8. The fraction of sp³-hybridized carbons (Fsp3) is 0.609. The smallest absolute Gasteiger partial charge is 0.122 e. The maximum atomic E-state index is 9.63. The van der Waals surface area contributed by atoms with Crippen LogP contribution >= 0.6 is 0 Å². The first-order valence-electron chi connectivity index (χ1n) is 10.8. The molecule has 0 aliphatic carbocycles. The maximum absolute atomic E-state index is 9.63. The Balaban J connectivity index is 1.63. The Labute approximate surface area is 180 Å². The fourth-order valence-corrected chi connectivity index (χ4v) is 4.18. The molecule has 0 saturated carbocycles. The van der Waals surface area contributed by atoms with Crippen molar-refractivity contribution >= 4 is 0 Å². The first kappa shape index (κ1) is 22.6. The average molecular weight is 417 g/mol. The molecule has 0 radical (unpaired) electrons. The summed E-state index contributed by atoms with van der Waals surface area (Å²) in [6.45, 7) is 9.18. The Bertz CT molecular complexity index is 770. The van der Waals surface area contributed by atoms with Crippen molar-refractivity contribution in [1.82, 2.24) is 20.0 Å². The SMILES string of the molecule is COc1cc(CN2CCN(Cc3cc(CC(C)C)n[nH]3)C[C@@H]2CCO)cc(OC)c1. The lowest BCUT2D eigenvalue weighted by molar-refractivity contribution is 0.0493. The van der Waals surface area contributed by atoms with Crippen LogP contribution in [0.5, 0.6) is 11.5 Å². The number of piperazine rings is 1. The molecule has 3 rings (SSSR count). The number of methoxy groups -OCH3 is 2. The lowest BCUT2D eigenvalue weighted by Crippen LogP contribution is -2.52. The van der Waals surface area contributed by atoms with E-state index in [-0.39, 0.29) is 6.61 Å². The molecular weight excluding hydrogens is 380 g/mol. The van der Waals surface area contributed by atoms with Crippen LogP contribution in [0.2, 0.25) is 0 Å². The molecule has 1 aliphatic heterocycles. The van der Waals surface area contributed by atoms with Crippen molar-refractivity contribution < 1.29 is 14.6 Å². The van der Waals surface area contributed by atoms with Gasteiger partial charge in [0, 0.05) is 57.1 Å². The minimum Gasteiger partial charge on any atom is -0.497 e. The molecule has 1 aromatic heterocycles. The third-order valence-corrected chi connectivity index (χ3v) is 5.64. The highest BCUT2D eigenvalue weighted by Crippen LogP contribution is 2.25. The average Bonchev–Trinajstić information content (AvgIpc) is 3.15. The molecule has 0 amide bonds. The summed E-state index contributed by atoms with van der Waals surface area (Å²) in [6.07, 6.45) is 1.76. The zero-order chi connectivity index (χ0) is 21.5. The predicted molar refractivity (Wildman–Crippen MR) is 118 cm³/mol. The van der Waals surface area contributed by atoms with E-state index in [0.29, 0.717) is 12.0 Å². The van der Waals surface area contributed by atoms with Crippen LogP contribution in [0.15, 0.2) is 24.3 Å². The number of ether oxygens (including phenoxy) is 2. The van der Waals surface area contributed by atoms with E-state index in [1.807, 2.05) is 6.07 Å². The van der Waals surface area contributed by atoms with Crippen LogP contribution in [0.3, 0.4) is 0 Å². The first-order chi connectivity index (χ1) is 14.5. The normalized spacial score (nSPS) is 18.1. The standard InChI is InChI=1S/C23H36N4O3/c1-17(2)9-19-12-20(25-24-19)15-26-6-7-27(21(16-26)5-8-28)14-18-10-22(29-3)13-23(11-18)30-4/h10-13,17,21,28H,5-9,14-16H2,1-4H3,(H,24,25)/t21-/m0/s1. The Kier molecular flexibility index (Phi) is 8.13. The molecule has 2 N–H and O–H groups in total. The molecule has 1 aromatic carbocycles. The zero-order valence-corrected chi connectivity index (χ0v) is 18.7. The minimum absolute atomic E-state index is 0.193. The van der Waals surface area contributed by atoms with Gasteiger partial charge < -0.3 is 14.6 Å². The van der Waals surface area contributed by atoms with Gasteiger partial charge in [0.15, 0.2) is 0 Å². The van der Waals surface area contributed by atoms with Gasteiger partial charge in [-0.2, -0.15) is 5.10 Å². The van der Waals surface area contributed by atoms with Crippen LogP contribution in [0.25, 0.3) is 0 Å². The number of benzene rings is 1. The molecule has 1 aliphatic rings. The third-order valence-electron chi connectivity index (χ3n) is 5.64. The summed E-state index contributed by atoms with van der Waals surface area (Å²) in [6, 6.07) is 8.51. The molecule has 166 valence electrons. The largest absolute Gasteiger partial charge is 0.497 e. The molecule has 0 unspecified atom stereocenters. The molecule has 1 fully saturated rings. The zero-order valence-electron chi connectivity index (χ0n) is 18.7. The van der Waals surface area contributed by atoms with Gasteiger partial charge in [-0.05, 0) is 42.5 Å².